The molecule has 162 valence electrons. The Morgan fingerprint density at radius 2 is 1.84 bits per heavy atom. The van der Waals surface area contributed by atoms with Crippen molar-refractivity contribution in [1.29, 1.82) is 0 Å². The summed E-state index contributed by atoms with van der Waals surface area (Å²) in [4.78, 5) is 29.8. The first kappa shape index (κ1) is 21.7. The Bertz CT molecular complexity index is 1310. The Kier molecular flexibility index (Phi) is 6.61. The standard InChI is InChI=1S/C24H19BrFN3O3/c25-17-10-11-20-18(12-17)24(31)29(15-27-20)13-23(30)28-21(16-6-2-1-3-7-16)14-32-22-9-5-4-8-19(22)26/h1-12,15,21H,13-14H2,(H,28,30). The third-order valence-electron chi connectivity index (χ3n) is 4.88. The van der Waals surface area contributed by atoms with Crippen molar-refractivity contribution in [2.75, 3.05) is 6.61 Å². The van der Waals surface area contributed by atoms with E-state index in [0.29, 0.717) is 10.9 Å². The number of halogens is 2. The Balaban J connectivity index is 1.52. The molecule has 1 N–H and O–H groups in total. The van der Waals surface area contributed by atoms with Crippen molar-refractivity contribution in [3.05, 3.63) is 105 Å². The molecule has 0 bridgehead atoms. The van der Waals surface area contributed by atoms with Gasteiger partial charge in [-0.05, 0) is 35.9 Å². The second-order valence-electron chi connectivity index (χ2n) is 7.11. The number of carbonyl (C=O) groups excluding carboxylic acids is 1. The van der Waals surface area contributed by atoms with Crippen LogP contribution in [0.3, 0.4) is 0 Å². The SMILES string of the molecule is O=C(Cn1cnc2ccc(Br)cc2c1=O)NC(COc1ccccc1F)c1ccccc1. The van der Waals surface area contributed by atoms with Crippen molar-refractivity contribution in [2.45, 2.75) is 12.6 Å². The molecule has 4 aromatic rings. The van der Waals surface area contributed by atoms with E-state index in [1.54, 1.807) is 30.3 Å². The summed E-state index contributed by atoms with van der Waals surface area (Å²) in [7, 11) is 0. The fourth-order valence-corrected chi connectivity index (χ4v) is 3.64. The third-order valence-corrected chi connectivity index (χ3v) is 5.37. The molecule has 0 saturated carbocycles. The Morgan fingerprint density at radius 3 is 2.62 bits per heavy atom. The topological polar surface area (TPSA) is 73.2 Å². The molecule has 8 heteroatoms. The van der Waals surface area contributed by atoms with E-state index in [1.165, 1.54) is 23.0 Å². The van der Waals surface area contributed by atoms with Crippen molar-refractivity contribution in [3.63, 3.8) is 0 Å². The maximum absolute atomic E-state index is 13.9. The molecule has 1 unspecified atom stereocenters. The van der Waals surface area contributed by atoms with Gasteiger partial charge in [-0.2, -0.15) is 0 Å². The number of hydrogen-bond donors (Lipinski definition) is 1. The molecular formula is C24H19BrFN3O3. The maximum Gasteiger partial charge on any atom is 0.261 e. The van der Waals surface area contributed by atoms with Crippen molar-refractivity contribution < 1.29 is 13.9 Å². The minimum atomic E-state index is -0.540. The van der Waals surface area contributed by atoms with Crippen LogP contribution in [-0.2, 0) is 11.3 Å². The van der Waals surface area contributed by atoms with Gasteiger partial charge in [0.2, 0.25) is 5.91 Å². The molecule has 0 aliphatic rings. The summed E-state index contributed by atoms with van der Waals surface area (Å²) in [5.74, 6) is -0.775. The zero-order chi connectivity index (χ0) is 22.5. The average Bonchev–Trinajstić information content (AvgIpc) is 2.80. The maximum atomic E-state index is 13.9. The van der Waals surface area contributed by atoms with Gasteiger partial charge in [0.1, 0.15) is 13.2 Å². The molecule has 6 nitrogen and oxygen atoms in total. The fourth-order valence-electron chi connectivity index (χ4n) is 3.28. The Hall–Kier alpha value is -3.52. The molecule has 0 saturated heterocycles. The normalized spacial score (nSPS) is 11.8. The highest BCUT2D eigenvalue weighted by atomic mass is 79.9. The van der Waals surface area contributed by atoms with Gasteiger partial charge in [0, 0.05) is 4.47 Å². The smallest absolute Gasteiger partial charge is 0.261 e. The first-order valence-electron chi connectivity index (χ1n) is 9.87. The molecule has 0 spiro atoms. The number of para-hydroxylation sites is 1. The molecule has 3 aromatic carbocycles. The summed E-state index contributed by atoms with van der Waals surface area (Å²) in [5.41, 5.74) is 1.03. The Labute approximate surface area is 191 Å². The average molecular weight is 496 g/mol. The van der Waals surface area contributed by atoms with Crippen LogP contribution in [0, 0.1) is 5.82 Å². The Morgan fingerprint density at radius 1 is 1.09 bits per heavy atom. The van der Waals surface area contributed by atoms with Crippen LogP contribution in [0.15, 0.2) is 88.4 Å². The number of nitrogens with one attached hydrogen (secondary N) is 1. The summed E-state index contributed by atoms with van der Waals surface area (Å²) in [5, 5.41) is 3.29. The van der Waals surface area contributed by atoms with Gasteiger partial charge in [0.15, 0.2) is 11.6 Å². The quantitative estimate of drug-likeness (QED) is 0.416. The van der Waals surface area contributed by atoms with E-state index in [9.17, 15) is 14.0 Å². The molecule has 0 aliphatic heterocycles. The zero-order valence-electron chi connectivity index (χ0n) is 16.9. The largest absolute Gasteiger partial charge is 0.488 e. The lowest BCUT2D eigenvalue weighted by Gasteiger charge is -2.20. The number of hydrogen-bond acceptors (Lipinski definition) is 4. The highest BCUT2D eigenvalue weighted by Gasteiger charge is 2.17. The minimum absolute atomic E-state index is 0.0223. The van der Waals surface area contributed by atoms with E-state index in [4.69, 9.17) is 4.74 Å². The van der Waals surface area contributed by atoms with Crippen LogP contribution in [0.1, 0.15) is 11.6 Å². The van der Waals surface area contributed by atoms with Gasteiger partial charge in [-0.25, -0.2) is 9.37 Å². The van der Waals surface area contributed by atoms with Crippen LogP contribution in [0.25, 0.3) is 10.9 Å². The molecule has 1 aromatic heterocycles. The van der Waals surface area contributed by atoms with Crippen LogP contribution in [0.2, 0.25) is 0 Å². The molecule has 1 atom stereocenters. The number of rotatable bonds is 7. The fraction of sp³-hybridized carbons (Fsp3) is 0.125. The predicted molar refractivity (Wildman–Crippen MR) is 123 cm³/mol. The molecule has 32 heavy (non-hydrogen) atoms. The van der Waals surface area contributed by atoms with Gasteiger partial charge in [0.05, 0.1) is 23.3 Å². The number of amides is 1. The van der Waals surface area contributed by atoms with Crippen LogP contribution in [-0.4, -0.2) is 22.1 Å². The van der Waals surface area contributed by atoms with Crippen LogP contribution in [0.4, 0.5) is 4.39 Å². The summed E-state index contributed by atoms with van der Waals surface area (Å²) in [6.07, 6.45) is 1.35. The van der Waals surface area contributed by atoms with Crippen molar-refractivity contribution >= 4 is 32.7 Å². The number of ether oxygens (including phenoxy) is 1. The number of carbonyl (C=O) groups is 1. The van der Waals surface area contributed by atoms with E-state index in [0.717, 1.165) is 10.0 Å². The minimum Gasteiger partial charge on any atom is -0.488 e. The molecule has 1 amide bonds. The molecular weight excluding hydrogens is 477 g/mol. The van der Waals surface area contributed by atoms with Crippen LogP contribution < -0.4 is 15.6 Å². The van der Waals surface area contributed by atoms with Crippen molar-refractivity contribution in [1.82, 2.24) is 14.9 Å². The lowest BCUT2D eigenvalue weighted by atomic mass is 10.1. The van der Waals surface area contributed by atoms with E-state index < -0.39 is 17.8 Å². The summed E-state index contributed by atoms with van der Waals surface area (Å²) < 4.78 is 21.6. The van der Waals surface area contributed by atoms with Crippen LogP contribution in [0.5, 0.6) is 5.75 Å². The van der Waals surface area contributed by atoms with Gasteiger partial charge in [0.25, 0.3) is 5.56 Å². The number of benzene rings is 3. The lowest BCUT2D eigenvalue weighted by molar-refractivity contribution is -0.122. The number of fused-ring (bicyclic) bond motifs is 1. The van der Waals surface area contributed by atoms with E-state index >= 15 is 0 Å². The third kappa shape index (κ3) is 5.03. The van der Waals surface area contributed by atoms with E-state index in [-0.39, 0.29) is 24.5 Å². The van der Waals surface area contributed by atoms with Crippen molar-refractivity contribution in [3.8, 4) is 5.75 Å². The second kappa shape index (κ2) is 9.74. The van der Waals surface area contributed by atoms with E-state index in [2.05, 4.69) is 26.2 Å². The first-order chi connectivity index (χ1) is 15.5. The number of nitrogens with zero attached hydrogens (tertiary/aromatic N) is 2. The van der Waals surface area contributed by atoms with Gasteiger partial charge in [-0.3, -0.25) is 14.2 Å². The van der Waals surface area contributed by atoms with Crippen LogP contribution >= 0.6 is 15.9 Å². The van der Waals surface area contributed by atoms with Crippen molar-refractivity contribution in [2.24, 2.45) is 0 Å². The van der Waals surface area contributed by atoms with Gasteiger partial charge < -0.3 is 10.1 Å². The second-order valence-corrected chi connectivity index (χ2v) is 8.03. The van der Waals surface area contributed by atoms with E-state index in [1.807, 2.05) is 30.3 Å². The molecule has 4 rings (SSSR count). The van der Waals surface area contributed by atoms with Gasteiger partial charge in [-0.1, -0.05) is 58.4 Å². The molecule has 1 heterocycles. The molecule has 0 fully saturated rings. The zero-order valence-corrected chi connectivity index (χ0v) is 18.5. The lowest BCUT2D eigenvalue weighted by Crippen LogP contribution is -2.37. The first-order valence-corrected chi connectivity index (χ1v) is 10.7. The molecule has 0 aliphatic carbocycles. The monoisotopic (exact) mass is 495 g/mol. The number of aromatic nitrogens is 2. The summed E-state index contributed by atoms with van der Waals surface area (Å²) in [6, 6.07) is 20.0. The summed E-state index contributed by atoms with van der Waals surface area (Å²) >= 11 is 3.35. The highest BCUT2D eigenvalue weighted by molar-refractivity contribution is 9.10. The van der Waals surface area contributed by atoms with Gasteiger partial charge >= 0.3 is 0 Å². The summed E-state index contributed by atoms with van der Waals surface area (Å²) in [6.45, 7) is -0.189. The highest BCUT2D eigenvalue weighted by Crippen LogP contribution is 2.19. The molecule has 0 radical (unpaired) electrons. The predicted octanol–water partition coefficient (Wildman–Crippen LogP) is 4.23. The van der Waals surface area contributed by atoms with Gasteiger partial charge in [-0.15, -0.1) is 0 Å².